The first-order valence-corrected chi connectivity index (χ1v) is 28.8. The highest BCUT2D eigenvalue weighted by molar-refractivity contribution is 7.80. The van der Waals surface area contributed by atoms with Gasteiger partial charge in [0.05, 0.1) is 25.9 Å². The first-order chi connectivity index (χ1) is 39.3. The molecule has 0 bridgehead atoms. The summed E-state index contributed by atoms with van der Waals surface area (Å²) in [6.07, 6.45) is 4.39. The van der Waals surface area contributed by atoms with Gasteiger partial charge in [0.25, 0.3) is 0 Å². The number of halogens is 1. The number of thiocarbonyl (C=S) groups is 1. The zero-order valence-corrected chi connectivity index (χ0v) is 48.1. The summed E-state index contributed by atoms with van der Waals surface area (Å²) < 4.78 is 13.8. The third kappa shape index (κ3) is 30.3. The summed E-state index contributed by atoms with van der Waals surface area (Å²) in [6, 6.07) is 10.4. The van der Waals surface area contributed by atoms with Gasteiger partial charge in [-0.25, -0.2) is 18.9 Å². The summed E-state index contributed by atoms with van der Waals surface area (Å²) in [6.45, 7) is 7.55. The number of nitrogens with zero attached hydrogens (tertiary/aromatic N) is 4. The van der Waals surface area contributed by atoms with E-state index in [1.165, 1.54) is 24.3 Å². The third-order valence-electron chi connectivity index (χ3n) is 14.4. The maximum absolute atomic E-state index is 13.9. The van der Waals surface area contributed by atoms with Crippen molar-refractivity contribution < 1.29 is 78.4 Å². The summed E-state index contributed by atoms with van der Waals surface area (Å²) in [5, 5.41) is 67.0. The molecule has 0 radical (unpaired) electrons. The third-order valence-corrected chi connectivity index (χ3v) is 14.8. The van der Waals surface area contributed by atoms with Gasteiger partial charge in [0.1, 0.15) is 11.9 Å². The van der Waals surface area contributed by atoms with E-state index in [0.29, 0.717) is 90.0 Å². The molecule has 3 rings (SSSR count). The summed E-state index contributed by atoms with van der Waals surface area (Å²) in [5.74, 6) is -7.51. The lowest BCUT2D eigenvalue weighted by molar-refractivity contribution is -0.244. The van der Waals surface area contributed by atoms with Crippen LogP contribution in [0.15, 0.2) is 48.5 Å². The number of ketones is 1. The summed E-state index contributed by atoms with van der Waals surface area (Å²) in [5.41, 5.74) is 2.66. The lowest BCUT2D eigenvalue weighted by atomic mass is 9.91. The van der Waals surface area contributed by atoms with Gasteiger partial charge < -0.3 is 51.7 Å². The van der Waals surface area contributed by atoms with Crippen LogP contribution in [0.2, 0.25) is 0 Å². The molecule has 0 saturated carbocycles. The lowest BCUT2D eigenvalue weighted by Gasteiger charge is -2.38. The molecule has 4 amide bonds. The maximum atomic E-state index is 13.9. The van der Waals surface area contributed by atoms with E-state index in [2.05, 4.69) is 67.1 Å². The highest BCUT2D eigenvalue weighted by Gasteiger charge is 2.30. The zero-order chi connectivity index (χ0) is 60.2. The smallest absolute Gasteiger partial charge is 0.326 e. The summed E-state index contributed by atoms with van der Waals surface area (Å²) in [4.78, 5) is 113. The first kappa shape index (κ1) is 70.2. The van der Waals surface area contributed by atoms with Crippen molar-refractivity contribution in [2.75, 3.05) is 91.9 Å². The van der Waals surface area contributed by atoms with Gasteiger partial charge in [0.15, 0.2) is 5.78 Å². The molecule has 23 nitrogen and oxygen atoms in total. The quantitative estimate of drug-likeness (QED) is 0.0197. The summed E-state index contributed by atoms with van der Waals surface area (Å²) in [7, 11) is 0. The predicted octanol–water partition coefficient (Wildman–Crippen LogP) is 3.83. The number of Topliss-reactive ketones (excluding diaryl/α,β-unsaturated/α-hetero) is 1. The van der Waals surface area contributed by atoms with Crippen molar-refractivity contribution in [2.45, 2.75) is 134 Å². The highest BCUT2D eigenvalue weighted by Crippen LogP contribution is 2.19. The minimum Gasteiger partial charge on any atom is -0.481 e. The molecule has 1 aliphatic rings. The van der Waals surface area contributed by atoms with Crippen LogP contribution in [0.25, 0.3) is 0 Å². The number of carbonyl (C=O) groups is 8. The molecule has 1 unspecified atom stereocenters. The number of urea groups is 1. The second kappa shape index (κ2) is 40.2. The fourth-order valence-electron chi connectivity index (χ4n) is 9.60. The van der Waals surface area contributed by atoms with E-state index in [1.807, 2.05) is 9.80 Å². The number of likely N-dealkylation sites (N-methyl/N-ethyl adjacent to an activating group) is 1. The normalized spacial score (nSPS) is 16.1. The van der Waals surface area contributed by atoms with Crippen LogP contribution in [0.5, 0.6) is 0 Å². The van der Waals surface area contributed by atoms with Crippen LogP contribution in [-0.4, -0.2) is 213 Å². The average Bonchev–Trinajstić information content (AvgIpc) is 3.43. The largest absolute Gasteiger partial charge is 0.481 e. The molecule has 458 valence electrons. The number of amides is 4. The van der Waals surface area contributed by atoms with E-state index in [4.69, 9.17) is 22.6 Å². The van der Waals surface area contributed by atoms with E-state index >= 15 is 0 Å². The van der Waals surface area contributed by atoms with Gasteiger partial charge >= 0.3 is 29.9 Å². The topological polar surface area (TPSA) is 328 Å². The number of carbonyl (C=O) groups excluding carboxylic acids is 4. The molecule has 2 aromatic rings. The van der Waals surface area contributed by atoms with Gasteiger partial charge in [-0.2, -0.15) is 0 Å². The van der Waals surface area contributed by atoms with Crippen molar-refractivity contribution in [1.29, 1.82) is 0 Å². The second-order valence-corrected chi connectivity index (χ2v) is 21.4. The minimum absolute atomic E-state index is 0.00411. The van der Waals surface area contributed by atoms with Crippen molar-refractivity contribution >= 4 is 64.6 Å². The average molecular weight is 1180 g/mol. The number of aliphatic hydroxyl groups is 1. The highest BCUT2D eigenvalue weighted by atomic mass is 32.1. The minimum atomic E-state index is -1.29. The van der Waals surface area contributed by atoms with E-state index in [-0.39, 0.29) is 90.4 Å². The molecule has 4 atom stereocenters. The Bertz CT molecular complexity index is 2300. The molecule has 25 heteroatoms. The van der Waals surface area contributed by atoms with Crippen LogP contribution in [0, 0.1) is 11.7 Å². The SMILES string of the molecule is CCN1CCN(CO)CCN(CCOO)CCN(CC(=O)O)C(Cc2ccc(CC(=S)CCCCCCC(=O)N[C@@H](Cc3ccc(F)cc3)C(=O)C[C@@H](CCC(=O)O)C(=O)NCCCC[C@H](NC(=O)NCCCC(=O)O)C(=O)O)cc2)C1. The standard InChI is InChI=1S/C57H87FN8O15S/c1-2-63-26-28-65(40-67)29-27-64(32-33-81-80)30-31-66(39-54(74)75)46(38-63)34-41-14-16-42(17-15-41)35-47(82)10-5-3-4-6-12-51(69)61-49(36-43-18-21-45(58)22-19-43)50(68)37-44(20-23-53(72)73)55(76)59-24-8-7-11-48(56(77)78)62-57(79)60-25-9-13-52(70)71/h14-19,21-22,44,46,48-49,67,80H,2-13,20,23-40H2,1H3,(H,59,76)(H,61,69)(H,70,71)(H,72,73)(H,74,75)(H,77,78)(H2,60,62,79)/t44-,46?,48+,49+/m1/s1. The van der Waals surface area contributed by atoms with Crippen LogP contribution in [0.1, 0.15) is 114 Å². The second-order valence-electron chi connectivity index (χ2n) is 20.8. The molecular formula is C57H87FN8O15S. The number of hydrogen-bond acceptors (Lipinski definition) is 16. The van der Waals surface area contributed by atoms with Crippen LogP contribution in [-0.2, 0) is 57.7 Å². The van der Waals surface area contributed by atoms with Crippen LogP contribution >= 0.6 is 12.2 Å². The van der Waals surface area contributed by atoms with Gasteiger partial charge in [-0.05, 0) is 104 Å². The number of aliphatic carboxylic acids is 4. The molecule has 82 heavy (non-hydrogen) atoms. The van der Waals surface area contributed by atoms with E-state index in [1.54, 1.807) is 0 Å². The van der Waals surface area contributed by atoms with Gasteiger partial charge in [-0.1, -0.05) is 68.4 Å². The molecule has 1 saturated heterocycles. The number of unbranched alkanes of at least 4 members (excludes halogenated alkanes) is 4. The lowest BCUT2D eigenvalue weighted by Crippen LogP contribution is -2.52. The number of nitrogens with one attached hydrogen (secondary N) is 4. The molecule has 1 heterocycles. The van der Waals surface area contributed by atoms with Crippen molar-refractivity contribution in [2.24, 2.45) is 5.92 Å². The zero-order valence-electron chi connectivity index (χ0n) is 47.3. The molecule has 1 aliphatic heterocycles. The van der Waals surface area contributed by atoms with Crippen molar-refractivity contribution in [3.63, 3.8) is 0 Å². The van der Waals surface area contributed by atoms with E-state index in [9.17, 15) is 63.2 Å². The summed E-state index contributed by atoms with van der Waals surface area (Å²) >= 11 is 5.78. The predicted molar refractivity (Wildman–Crippen MR) is 307 cm³/mol. The Hall–Kier alpha value is -6.06. The van der Waals surface area contributed by atoms with Gasteiger partial charge in [0, 0.05) is 110 Å². The molecule has 2 aromatic carbocycles. The van der Waals surface area contributed by atoms with Gasteiger partial charge in [-0.15, -0.1) is 0 Å². The number of carboxylic acid groups (broad SMARTS) is 4. The maximum Gasteiger partial charge on any atom is 0.326 e. The molecule has 10 N–H and O–H groups in total. The first-order valence-electron chi connectivity index (χ1n) is 28.4. The van der Waals surface area contributed by atoms with Crippen molar-refractivity contribution in [3.05, 3.63) is 71.0 Å². The Labute approximate surface area is 485 Å². The molecule has 1 fully saturated rings. The number of benzene rings is 2. The van der Waals surface area contributed by atoms with E-state index in [0.717, 1.165) is 35.4 Å². The van der Waals surface area contributed by atoms with Crippen LogP contribution in [0.3, 0.4) is 0 Å². The Morgan fingerprint density at radius 1 is 0.671 bits per heavy atom. The fourth-order valence-corrected chi connectivity index (χ4v) is 9.91. The monoisotopic (exact) mass is 1170 g/mol. The van der Waals surface area contributed by atoms with Gasteiger partial charge in [-0.3, -0.25) is 48.7 Å². The molecule has 0 aromatic heterocycles. The van der Waals surface area contributed by atoms with Crippen molar-refractivity contribution in [3.8, 4) is 0 Å². The molecule has 0 spiro atoms. The number of rotatable bonds is 39. The number of hydrogen-bond donors (Lipinski definition) is 10. The van der Waals surface area contributed by atoms with Crippen LogP contribution in [0.4, 0.5) is 9.18 Å². The van der Waals surface area contributed by atoms with Crippen molar-refractivity contribution in [1.82, 2.24) is 40.9 Å². The van der Waals surface area contributed by atoms with Crippen LogP contribution < -0.4 is 21.3 Å². The van der Waals surface area contributed by atoms with E-state index < -0.39 is 84.2 Å². The van der Waals surface area contributed by atoms with Gasteiger partial charge in [0.2, 0.25) is 11.8 Å². The number of aliphatic hydroxyl groups excluding tert-OH is 1. The Morgan fingerprint density at radius 2 is 1.29 bits per heavy atom. The Balaban J connectivity index is 1.52. The number of carboxylic acids is 4. The Kier molecular flexibility index (Phi) is 34.4. The molecule has 0 aliphatic carbocycles. The molecular weight excluding hydrogens is 1090 g/mol. The fraction of sp³-hybridized carbons (Fsp3) is 0.632. The Morgan fingerprint density at radius 3 is 1.93 bits per heavy atom.